The number of carbonyl (C=O) groups excluding carboxylic acids is 1. The number of carbonyl (C=O) groups is 1. The molecule has 0 radical (unpaired) electrons. The van der Waals surface area contributed by atoms with E-state index < -0.39 is 6.04 Å². The average Bonchev–Trinajstić information content (AvgIpc) is 3.29. The minimum Gasteiger partial charge on any atom is -0.465 e. The largest absolute Gasteiger partial charge is 0.465 e. The second-order valence-corrected chi connectivity index (χ2v) is 4.94. The highest BCUT2D eigenvalue weighted by atomic mass is 16.5. The lowest BCUT2D eigenvalue weighted by atomic mass is 10.0. The molecule has 0 saturated heterocycles. The molecule has 106 valence electrons. The second kappa shape index (κ2) is 7.06. The Hall–Kier alpha value is -1.86. The lowest BCUT2D eigenvalue weighted by molar-refractivity contribution is -0.150. The van der Waals surface area contributed by atoms with Crippen LogP contribution in [0.15, 0.2) is 30.3 Å². The van der Waals surface area contributed by atoms with E-state index in [-0.39, 0.29) is 5.97 Å². The van der Waals surface area contributed by atoms with Crippen molar-refractivity contribution in [2.24, 2.45) is 0 Å². The lowest BCUT2D eigenvalue weighted by Gasteiger charge is -2.29. The fourth-order valence-corrected chi connectivity index (χ4v) is 2.43. The van der Waals surface area contributed by atoms with Crippen LogP contribution < -0.4 is 0 Å². The molecule has 0 bridgehead atoms. The molecule has 0 amide bonds. The molecule has 1 saturated carbocycles. The Morgan fingerprint density at radius 2 is 2.15 bits per heavy atom. The highest BCUT2D eigenvalue weighted by Crippen LogP contribution is 2.35. The smallest absolute Gasteiger partial charge is 0.328 e. The van der Waals surface area contributed by atoms with Gasteiger partial charge < -0.3 is 4.74 Å². The van der Waals surface area contributed by atoms with Crippen molar-refractivity contribution in [2.75, 3.05) is 13.2 Å². The van der Waals surface area contributed by atoms with E-state index in [2.05, 4.69) is 11.0 Å². The van der Waals surface area contributed by atoms with Gasteiger partial charge in [-0.25, -0.2) is 4.79 Å². The van der Waals surface area contributed by atoms with Crippen LogP contribution in [0.5, 0.6) is 0 Å². The van der Waals surface area contributed by atoms with Crippen molar-refractivity contribution in [1.29, 1.82) is 5.26 Å². The van der Waals surface area contributed by atoms with Crippen molar-refractivity contribution in [2.45, 2.75) is 38.3 Å². The molecule has 1 atom stereocenters. The standard InChI is InChI=1S/C16H20N2O2/c1-2-20-16(19)15(13-7-4-3-5-8-13)18(12-6-11-17)14-9-10-14/h3-5,7-8,14-15H,2,6,9-10,12H2,1H3. The average molecular weight is 272 g/mol. The minimum absolute atomic E-state index is 0.219. The SMILES string of the molecule is CCOC(=O)C(c1ccccc1)N(CCC#N)C1CC1. The molecule has 1 fully saturated rings. The number of nitriles is 1. The fourth-order valence-electron chi connectivity index (χ4n) is 2.43. The summed E-state index contributed by atoms with van der Waals surface area (Å²) in [5.41, 5.74) is 0.941. The first-order valence-corrected chi connectivity index (χ1v) is 7.12. The minimum atomic E-state index is -0.392. The first kappa shape index (κ1) is 14.5. The monoisotopic (exact) mass is 272 g/mol. The Bertz CT molecular complexity index is 477. The predicted octanol–water partition coefficient (Wildman–Crippen LogP) is 2.67. The first-order chi connectivity index (χ1) is 9.77. The van der Waals surface area contributed by atoms with E-state index in [9.17, 15) is 4.79 Å². The van der Waals surface area contributed by atoms with Gasteiger partial charge in [-0.05, 0) is 25.3 Å². The maximum absolute atomic E-state index is 12.3. The van der Waals surface area contributed by atoms with Crippen LogP contribution in [0.1, 0.15) is 37.8 Å². The van der Waals surface area contributed by atoms with Crippen LogP contribution in [-0.2, 0) is 9.53 Å². The normalized spacial score (nSPS) is 15.7. The van der Waals surface area contributed by atoms with Crippen LogP contribution in [0, 0.1) is 11.3 Å². The molecule has 4 nitrogen and oxygen atoms in total. The molecule has 0 spiro atoms. The van der Waals surface area contributed by atoms with Gasteiger partial charge in [-0.2, -0.15) is 5.26 Å². The summed E-state index contributed by atoms with van der Waals surface area (Å²) in [7, 11) is 0. The summed E-state index contributed by atoms with van der Waals surface area (Å²) in [5, 5.41) is 8.82. The number of nitrogens with zero attached hydrogens (tertiary/aromatic N) is 2. The van der Waals surface area contributed by atoms with Crippen molar-refractivity contribution in [3.05, 3.63) is 35.9 Å². The Morgan fingerprint density at radius 3 is 2.70 bits per heavy atom. The zero-order valence-corrected chi connectivity index (χ0v) is 11.8. The summed E-state index contributed by atoms with van der Waals surface area (Å²) in [5.74, 6) is -0.219. The van der Waals surface area contributed by atoms with Gasteiger partial charge in [0.05, 0.1) is 12.7 Å². The van der Waals surface area contributed by atoms with Gasteiger partial charge in [-0.1, -0.05) is 30.3 Å². The number of rotatable bonds is 7. The number of hydrogen-bond acceptors (Lipinski definition) is 4. The third-order valence-corrected chi connectivity index (χ3v) is 3.45. The summed E-state index contributed by atoms with van der Waals surface area (Å²) in [6.07, 6.45) is 2.61. The zero-order chi connectivity index (χ0) is 14.4. The third kappa shape index (κ3) is 3.58. The fraction of sp³-hybridized carbons (Fsp3) is 0.500. The van der Waals surface area contributed by atoms with Crippen molar-refractivity contribution >= 4 is 5.97 Å². The van der Waals surface area contributed by atoms with Gasteiger partial charge in [0.1, 0.15) is 6.04 Å². The molecule has 20 heavy (non-hydrogen) atoms. The zero-order valence-electron chi connectivity index (χ0n) is 11.8. The Kier molecular flexibility index (Phi) is 5.14. The Labute approximate surface area is 120 Å². The molecule has 0 N–H and O–H groups in total. The van der Waals surface area contributed by atoms with Crippen LogP contribution in [0.3, 0.4) is 0 Å². The van der Waals surface area contributed by atoms with E-state index in [0.717, 1.165) is 18.4 Å². The second-order valence-electron chi connectivity index (χ2n) is 4.94. The molecule has 1 unspecified atom stereocenters. The summed E-state index contributed by atoms with van der Waals surface area (Å²) in [4.78, 5) is 14.5. The van der Waals surface area contributed by atoms with E-state index in [0.29, 0.717) is 25.6 Å². The van der Waals surface area contributed by atoms with Crippen LogP contribution in [-0.4, -0.2) is 30.1 Å². The molecule has 1 aromatic carbocycles. The van der Waals surface area contributed by atoms with Gasteiger partial charge in [0.15, 0.2) is 0 Å². The molecule has 0 aliphatic heterocycles. The summed E-state index contributed by atoms with van der Waals surface area (Å²) in [6, 6.07) is 11.9. The van der Waals surface area contributed by atoms with Crippen LogP contribution in [0.2, 0.25) is 0 Å². The number of benzene rings is 1. The van der Waals surface area contributed by atoms with Gasteiger partial charge in [-0.15, -0.1) is 0 Å². The molecule has 2 rings (SSSR count). The highest BCUT2D eigenvalue weighted by molar-refractivity contribution is 5.77. The maximum atomic E-state index is 12.3. The summed E-state index contributed by atoms with van der Waals surface area (Å²) < 4.78 is 5.23. The summed E-state index contributed by atoms with van der Waals surface area (Å²) >= 11 is 0. The molecular weight excluding hydrogens is 252 g/mol. The van der Waals surface area contributed by atoms with Crippen molar-refractivity contribution in [3.63, 3.8) is 0 Å². The van der Waals surface area contributed by atoms with Crippen molar-refractivity contribution < 1.29 is 9.53 Å². The Balaban J connectivity index is 2.24. The van der Waals surface area contributed by atoms with E-state index >= 15 is 0 Å². The molecule has 0 aromatic heterocycles. The van der Waals surface area contributed by atoms with E-state index in [1.54, 1.807) is 0 Å². The molecule has 4 heteroatoms. The first-order valence-electron chi connectivity index (χ1n) is 7.12. The quantitative estimate of drug-likeness (QED) is 0.716. The molecule has 1 aliphatic carbocycles. The summed E-state index contributed by atoms with van der Waals surface area (Å²) in [6.45, 7) is 2.80. The van der Waals surface area contributed by atoms with Gasteiger partial charge in [-0.3, -0.25) is 4.90 Å². The van der Waals surface area contributed by atoms with E-state index in [4.69, 9.17) is 10.00 Å². The van der Waals surface area contributed by atoms with Crippen molar-refractivity contribution in [3.8, 4) is 6.07 Å². The molecule has 1 aliphatic rings. The van der Waals surface area contributed by atoms with Crippen LogP contribution in [0.25, 0.3) is 0 Å². The topological polar surface area (TPSA) is 53.3 Å². The third-order valence-electron chi connectivity index (χ3n) is 3.45. The molecule has 1 aromatic rings. The van der Waals surface area contributed by atoms with Gasteiger partial charge in [0.2, 0.25) is 0 Å². The maximum Gasteiger partial charge on any atom is 0.328 e. The predicted molar refractivity (Wildman–Crippen MR) is 75.8 cm³/mol. The van der Waals surface area contributed by atoms with Gasteiger partial charge >= 0.3 is 5.97 Å². The van der Waals surface area contributed by atoms with E-state index in [1.165, 1.54) is 0 Å². The number of hydrogen-bond donors (Lipinski definition) is 0. The van der Waals surface area contributed by atoms with Crippen molar-refractivity contribution in [1.82, 2.24) is 4.90 Å². The van der Waals surface area contributed by atoms with E-state index in [1.807, 2.05) is 37.3 Å². The molecule has 0 heterocycles. The number of ether oxygens (including phenoxy) is 1. The molecular formula is C16H20N2O2. The van der Waals surface area contributed by atoms with Gasteiger partial charge in [0.25, 0.3) is 0 Å². The highest BCUT2D eigenvalue weighted by Gasteiger charge is 2.38. The van der Waals surface area contributed by atoms with Gasteiger partial charge in [0, 0.05) is 19.0 Å². The lowest BCUT2D eigenvalue weighted by Crippen LogP contribution is -2.37. The van der Waals surface area contributed by atoms with Crippen LogP contribution in [0.4, 0.5) is 0 Å². The van der Waals surface area contributed by atoms with Crippen LogP contribution >= 0.6 is 0 Å². The number of esters is 1. The Morgan fingerprint density at radius 1 is 1.45 bits per heavy atom.